The summed E-state index contributed by atoms with van der Waals surface area (Å²) in [5, 5.41) is 0.643. The van der Waals surface area contributed by atoms with Crippen molar-refractivity contribution in [3.63, 3.8) is 0 Å². The van der Waals surface area contributed by atoms with Crippen LogP contribution in [-0.4, -0.2) is 12.4 Å². The van der Waals surface area contributed by atoms with Crippen LogP contribution in [0, 0.1) is 0 Å². The smallest absolute Gasteiger partial charge is 0.198 e. The summed E-state index contributed by atoms with van der Waals surface area (Å²) in [6.45, 7) is 0.354. The van der Waals surface area contributed by atoms with Gasteiger partial charge in [-0.2, -0.15) is 0 Å². The lowest BCUT2D eigenvalue weighted by atomic mass is 10.2. The molecule has 0 aliphatic rings. The van der Waals surface area contributed by atoms with Gasteiger partial charge in [-0.05, 0) is 23.8 Å². The van der Waals surface area contributed by atoms with Gasteiger partial charge in [-0.3, -0.25) is 4.79 Å². The Bertz CT molecular complexity index is 551. The van der Waals surface area contributed by atoms with Crippen LogP contribution in [-0.2, 0) is 11.3 Å². The summed E-state index contributed by atoms with van der Waals surface area (Å²) in [6, 6.07) is 10.8. The topological polar surface area (TPSA) is 26.3 Å². The number of ketones is 1. The first-order chi connectivity index (χ1) is 8.66. The zero-order valence-corrected chi connectivity index (χ0v) is 11.7. The van der Waals surface area contributed by atoms with Gasteiger partial charge < -0.3 is 4.74 Å². The molecule has 0 saturated carbocycles. The first-order valence-corrected chi connectivity index (χ1v) is 6.84. The Balaban J connectivity index is 1.86. The van der Waals surface area contributed by atoms with E-state index in [9.17, 15) is 4.79 Å². The van der Waals surface area contributed by atoms with Crippen molar-refractivity contribution in [2.45, 2.75) is 6.61 Å². The first kappa shape index (κ1) is 13.6. The van der Waals surface area contributed by atoms with Crippen LogP contribution in [0.4, 0.5) is 0 Å². The molecule has 1 aromatic heterocycles. The van der Waals surface area contributed by atoms with Crippen LogP contribution in [0.1, 0.15) is 15.2 Å². The Morgan fingerprint density at radius 2 is 1.94 bits per heavy atom. The van der Waals surface area contributed by atoms with Crippen molar-refractivity contribution in [1.82, 2.24) is 0 Å². The van der Waals surface area contributed by atoms with Crippen LogP contribution in [0.5, 0.6) is 0 Å². The third kappa shape index (κ3) is 3.56. The van der Waals surface area contributed by atoms with E-state index in [1.165, 1.54) is 11.3 Å². The molecule has 0 aliphatic heterocycles. The molecule has 5 heteroatoms. The van der Waals surface area contributed by atoms with Crippen LogP contribution >= 0.6 is 34.5 Å². The van der Waals surface area contributed by atoms with Crippen molar-refractivity contribution in [2.75, 3.05) is 6.61 Å². The molecule has 0 bridgehead atoms. The molecule has 94 valence electrons. The number of benzene rings is 1. The molecule has 1 heterocycles. The van der Waals surface area contributed by atoms with E-state index in [1.54, 1.807) is 18.2 Å². The van der Waals surface area contributed by atoms with E-state index in [0.717, 1.165) is 5.56 Å². The number of hydrogen-bond acceptors (Lipinski definition) is 3. The van der Waals surface area contributed by atoms with Gasteiger partial charge in [0.05, 0.1) is 15.8 Å². The van der Waals surface area contributed by atoms with Crippen molar-refractivity contribution < 1.29 is 9.53 Å². The highest BCUT2D eigenvalue weighted by atomic mass is 35.5. The van der Waals surface area contributed by atoms with Crippen LogP contribution < -0.4 is 0 Å². The Morgan fingerprint density at radius 1 is 1.17 bits per heavy atom. The average molecular weight is 301 g/mol. The van der Waals surface area contributed by atoms with Crippen LogP contribution in [0.25, 0.3) is 0 Å². The predicted molar refractivity (Wildman–Crippen MR) is 74.8 cm³/mol. The third-order valence-corrected chi connectivity index (χ3v) is 3.94. The lowest BCUT2D eigenvalue weighted by Gasteiger charge is -2.04. The highest BCUT2D eigenvalue weighted by molar-refractivity contribution is 7.18. The average Bonchev–Trinajstić information content (AvgIpc) is 2.78. The zero-order chi connectivity index (χ0) is 13.0. The number of rotatable bonds is 5. The minimum Gasteiger partial charge on any atom is -0.369 e. The normalized spacial score (nSPS) is 10.6. The summed E-state index contributed by atoms with van der Waals surface area (Å²) in [5.74, 6) is -0.0704. The van der Waals surface area contributed by atoms with Gasteiger partial charge >= 0.3 is 0 Å². The lowest BCUT2D eigenvalue weighted by molar-refractivity contribution is 0.0730. The second kappa shape index (κ2) is 6.34. The van der Waals surface area contributed by atoms with E-state index < -0.39 is 0 Å². The van der Waals surface area contributed by atoms with Crippen molar-refractivity contribution in [3.8, 4) is 0 Å². The predicted octanol–water partition coefficient (Wildman–Crippen LogP) is 4.45. The Labute approximate surface area is 119 Å². The van der Waals surface area contributed by atoms with E-state index in [0.29, 0.717) is 20.8 Å². The number of Topliss-reactive ketones (excluding diaryl/α,β-unsaturated/α-hetero) is 1. The molecule has 0 unspecified atom stereocenters. The molecule has 2 aromatic rings. The van der Waals surface area contributed by atoms with Crippen LogP contribution in [0.2, 0.25) is 9.36 Å². The summed E-state index contributed by atoms with van der Waals surface area (Å²) in [4.78, 5) is 12.3. The van der Waals surface area contributed by atoms with Crippen LogP contribution in [0.3, 0.4) is 0 Å². The molecule has 0 saturated heterocycles. The molecule has 2 rings (SSSR count). The third-order valence-electron chi connectivity index (χ3n) is 2.30. The largest absolute Gasteiger partial charge is 0.369 e. The standard InChI is InChI=1S/C13H10Cl2O2S/c14-10-4-2-1-3-9(10)7-17-8-11(16)12-5-6-13(15)18-12/h1-6H,7-8H2. The molecule has 0 amide bonds. The van der Waals surface area contributed by atoms with E-state index in [4.69, 9.17) is 27.9 Å². The summed E-state index contributed by atoms with van der Waals surface area (Å²) in [5.41, 5.74) is 0.871. The maximum Gasteiger partial charge on any atom is 0.198 e. The molecular weight excluding hydrogens is 291 g/mol. The summed E-state index contributed by atoms with van der Waals surface area (Å²) < 4.78 is 5.96. The minimum atomic E-state index is -0.0704. The molecule has 1 aromatic carbocycles. The van der Waals surface area contributed by atoms with Gasteiger partial charge in [0, 0.05) is 5.02 Å². The van der Waals surface area contributed by atoms with Gasteiger partial charge in [-0.15, -0.1) is 11.3 Å². The maximum atomic E-state index is 11.7. The number of carbonyl (C=O) groups excluding carboxylic acids is 1. The molecule has 18 heavy (non-hydrogen) atoms. The van der Waals surface area contributed by atoms with Gasteiger partial charge in [0.25, 0.3) is 0 Å². The molecule has 0 fully saturated rings. The maximum absolute atomic E-state index is 11.7. The summed E-state index contributed by atoms with van der Waals surface area (Å²) >= 11 is 13.0. The van der Waals surface area contributed by atoms with E-state index in [1.807, 2.05) is 18.2 Å². The SMILES string of the molecule is O=C(COCc1ccccc1Cl)c1ccc(Cl)s1. The summed E-state index contributed by atoms with van der Waals surface area (Å²) in [6.07, 6.45) is 0. The van der Waals surface area contributed by atoms with Gasteiger partial charge in [0.2, 0.25) is 0 Å². The minimum absolute atomic E-state index is 0.0298. The Kier molecular flexibility index (Phi) is 4.78. The second-order valence-corrected chi connectivity index (χ2v) is 5.73. The number of hydrogen-bond donors (Lipinski definition) is 0. The fraction of sp³-hybridized carbons (Fsp3) is 0.154. The molecule has 0 aliphatic carbocycles. The van der Waals surface area contributed by atoms with E-state index in [2.05, 4.69) is 0 Å². The van der Waals surface area contributed by atoms with Crippen molar-refractivity contribution >= 4 is 40.3 Å². The van der Waals surface area contributed by atoms with Crippen LogP contribution in [0.15, 0.2) is 36.4 Å². The summed E-state index contributed by atoms with van der Waals surface area (Å²) in [7, 11) is 0. The Morgan fingerprint density at radius 3 is 2.61 bits per heavy atom. The van der Waals surface area contributed by atoms with Gasteiger partial charge in [-0.25, -0.2) is 0 Å². The van der Waals surface area contributed by atoms with Crippen molar-refractivity contribution in [3.05, 3.63) is 56.2 Å². The van der Waals surface area contributed by atoms with Crippen molar-refractivity contribution in [2.24, 2.45) is 0 Å². The highest BCUT2D eigenvalue weighted by Gasteiger charge is 2.09. The monoisotopic (exact) mass is 300 g/mol. The highest BCUT2D eigenvalue weighted by Crippen LogP contribution is 2.22. The van der Waals surface area contributed by atoms with E-state index in [-0.39, 0.29) is 12.4 Å². The first-order valence-electron chi connectivity index (χ1n) is 5.26. The van der Waals surface area contributed by atoms with Gasteiger partial charge in [0.1, 0.15) is 6.61 Å². The molecule has 0 N–H and O–H groups in total. The fourth-order valence-electron chi connectivity index (χ4n) is 1.40. The lowest BCUT2D eigenvalue weighted by Crippen LogP contribution is -2.07. The fourth-order valence-corrected chi connectivity index (χ4v) is 2.56. The Hall–Kier alpha value is -0.870. The molecule has 2 nitrogen and oxygen atoms in total. The number of thiophene rings is 1. The van der Waals surface area contributed by atoms with Crippen molar-refractivity contribution in [1.29, 1.82) is 0 Å². The number of ether oxygens (including phenoxy) is 1. The van der Waals surface area contributed by atoms with Gasteiger partial charge in [0.15, 0.2) is 5.78 Å². The molecule has 0 radical (unpaired) electrons. The second-order valence-electron chi connectivity index (χ2n) is 3.61. The molecule has 0 spiro atoms. The quantitative estimate of drug-likeness (QED) is 0.762. The molecular formula is C13H10Cl2O2S. The zero-order valence-electron chi connectivity index (χ0n) is 9.36. The van der Waals surface area contributed by atoms with Gasteiger partial charge in [-0.1, -0.05) is 41.4 Å². The van der Waals surface area contributed by atoms with E-state index >= 15 is 0 Å². The number of halogens is 2. The molecule has 0 atom stereocenters. The number of carbonyl (C=O) groups is 1.